The summed E-state index contributed by atoms with van der Waals surface area (Å²) in [5.41, 5.74) is 4.26. The van der Waals surface area contributed by atoms with Crippen molar-refractivity contribution in [1.82, 2.24) is 8.75 Å². The van der Waals surface area contributed by atoms with Gasteiger partial charge in [-0.15, -0.1) is 0 Å². The average molecular weight is 350 g/mol. The zero-order valence-corrected chi connectivity index (χ0v) is 13.5. The summed E-state index contributed by atoms with van der Waals surface area (Å²) in [6, 6.07) is 9.09. The van der Waals surface area contributed by atoms with Crippen molar-refractivity contribution < 1.29 is 4.79 Å². The van der Waals surface area contributed by atoms with Gasteiger partial charge in [-0.2, -0.15) is 8.75 Å². The van der Waals surface area contributed by atoms with E-state index in [4.69, 9.17) is 23.2 Å². The number of anilines is 1. The highest BCUT2D eigenvalue weighted by Gasteiger charge is 2.30. The van der Waals surface area contributed by atoms with E-state index in [9.17, 15) is 4.79 Å². The number of amides is 1. The third-order valence-electron chi connectivity index (χ3n) is 3.82. The molecule has 0 spiro atoms. The second-order valence-corrected chi connectivity index (χ2v) is 6.50. The van der Waals surface area contributed by atoms with Crippen molar-refractivity contribution in [3.63, 3.8) is 0 Å². The Labute approximate surface area is 140 Å². The second kappa shape index (κ2) is 5.19. The molecule has 110 valence electrons. The molecule has 0 saturated carbocycles. The van der Waals surface area contributed by atoms with Crippen LogP contribution in [0.3, 0.4) is 0 Å². The second-order valence-electron chi connectivity index (χ2n) is 5.13. The Hall–Kier alpha value is -1.69. The van der Waals surface area contributed by atoms with E-state index in [0.29, 0.717) is 16.5 Å². The van der Waals surface area contributed by atoms with Crippen molar-refractivity contribution in [2.24, 2.45) is 0 Å². The Morgan fingerprint density at radius 1 is 1.18 bits per heavy atom. The van der Waals surface area contributed by atoms with Crippen molar-refractivity contribution in [1.29, 1.82) is 0 Å². The summed E-state index contributed by atoms with van der Waals surface area (Å²) in [7, 11) is 0. The van der Waals surface area contributed by atoms with Crippen LogP contribution in [-0.2, 0) is 4.79 Å². The largest absolute Gasteiger partial charge is 0.326 e. The van der Waals surface area contributed by atoms with Gasteiger partial charge in [0.1, 0.15) is 11.0 Å². The van der Waals surface area contributed by atoms with Crippen LogP contribution in [0.15, 0.2) is 30.3 Å². The lowest BCUT2D eigenvalue weighted by atomic mass is 9.84. The van der Waals surface area contributed by atoms with Crippen LogP contribution in [0.1, 0.15) is 23.5 Å². The van der Waals surface area contributed by atoms with E-state index < -0.39 is 0 Å². The lowest BCUT2D eigenvalue weighted by molar-refractivity contribution is -0.116. The normalized spacial score (nSPS) is 17.4. The van der Waals surface area contributed by atoms with Gasteiger partial charge in [0.05, 0.1) is 11.7 Å². The van der Waals surface area contributed by atoms with Crippen molar-refractivity contribution >= 4 is 57.6 Å². The number of nitrogens with zero attached hydrogens (tertiary/aromatic N) is 2. The molecule has 2 heterocycles. The molecule has 0 unspecified atom stereocenters. The lowest BCUT2D eigenvalue weighted by Crippen LogP contribution is -2.24. The first-order valence-electron chi connectivity index (χ1n) is 6.63. The highest BCUT2D eigenvalue weighted by Crippen LogP contribution is 2.43. The molecule has 1 aromatic heterocycles. The van der Waals surface area contributed by atoms with Gasteiger partial charge in [0.25, 0.3) is 0 Å². The maximum Gasteiger partial charge on any atom is 0.225 e. The van der Waals surface area contributed by atoms with Gasteiger partial charge in [-0.3, -0.25) is 4.79 Å². The monoisotopic (exact) mass is 349 g/mol. The molecular weight excluding hydrogens is 341 g/mol. The molecule has 3 aromatic rings. The summed E-state index contributed by atoms with van der Waals surface area (Å²) < 4.78 is 8.66. The van der Waals surface area contributed by atoms with Crippen LogP contribution in [0.4, 0.5) is 5.69 Å². The standard InChI is InChI=1S/C15H9Cl2N3OS/c16-7-1-2-8(10(17)5-7)9-6-13(21)18-11-3-4-12-15(14(9)11)20-22-19-12/h1-5,9H,6H2,(H,18,21)/t9-/m0/s1. The molecule has 1 aliphatic rings. The first kappa shape index (κ1) is 13.9. The maximum atomic E-state index is 12.0. The van der Waals surface area contributed by atoms with Gasteiger partial charge in [0, 0.05) is 33.6 Å². The van der Waals surface area contributed by atoms with Crippen LogP contribution in [0.5, 0.6) is 0 Å². The number of fused-ring (bicyclic) bond motifs is 3. The molecule has 1 N–H and O–H groups in total. The Morgan fingerprint density at radius 3 is 2.86 bits per heavy atom. The van der Waals surface area contributed by atoms with E-state index in [0.717, 1.165) is 39.6 Å². The van der Waals surface area contributed by atoms with Crippen molar-refractivity contribution in [3.8, 4) is 0 Å². The highest BCUT2D eigenvalue weighted by atomic mass is 35.5. The molecule has 1 amide bonds. The first-order valence-corrected chi connectivity index (χ1v) is 8.12. The van der Waals surface area contributed by atoms with Crippen LogP contribution < -0.4 is 5.32 Å². The van der Waals surface area contributed by atoms with E-state index in [1.165, 1.54) is 0 Å². The average Bonchev–Trinajstić information content (AvgIpc) is 2.94. The number of nitrogens with one attached hydrogen (secondary N) is 1. The summed E-state index contributed by atoms with van der Waals surface area (Å²) in [5, 5.41) is 4.03. The third-order valence-corrected chi connectivity index (χ3v) is 4.92. The molecule has 0 aliphatic carbocycles. The van der Waals surface area contributed by atoms with E-state index in [2.05, 4.69) is 14.1 Å². The fourth-order valence-electron chi connectivity index (χ4n) is 2.87. The summed E-state index contributed by atoms with van der Waals surface area (Å²) >= 11 is 13.5. The number of hydrogen-bond acceptors (Lipinski definition) is 4. The molecule has 4 nitrogen and oxygen atoms in total. The van der Waals surface area contributed by atoms with Crippen molar-refractivity contribution in [2.45, 2.75) is 12.3 Å². The number of benzene rings is 2. The molecular formula is C15H9Cl2N3OS. The number of rotatable bonds is 1. The Morgan fingerprint density at radius 2 is 2.05 bits per heavy atom. The van der Waals surface area contributed by atoms with Crippen molar-refractivity contribution in [2.75, 3.05) is 5.32 Å². The van der Waals surface area contributed by atoms with Gasteiger partial charge >= 0.3 is 0 Å². The van der Waals surface area contributed by atoms with Gasteiger partial charge in [-0.1, -0.05) is 29.3 Å². The molecule has 4 rings (SSSR count). The summed E-state index contributed by atoms with van der Waals surface area (Å²) in [6.45, 7) is 0. The van der Waals surface area contributed by atoms with Gasteiger partial charge in [-0.05, 0) is 29.8 Å². The highest BCUT2D eigenvalue weighted by molar-refractivity contribution is 7.00. The number of hydrogen-bond donors (Lipinski definition) is 1. The van der Waals surface area contributed by atoms with Crippen LogP contribution >= 0.6 is 34.9 Å². The predicted octanol–water partition coefficient (Wildman–Crippen LogP) is 4.47. The SMILES string of the molecule is O=C1C[C@@H](c2ccc(Cl)cc2Cl)c2c(ccc3nsnc23)N1. The fraction of sp³-hybridized carbons (Fsp3) is 0.133. The first-order chi connectivity index (χ1) is 10.6. The topological polar surface area (TPSA) is 54.9 Å². The minimum Gasteiger partial charge on any atom is -0.326 e. The Bertz CT molecular complexity index is 909. The van der Waals surface area contributed by atoms with Gasteiger partial charge in [0.15, 0.2) is 0 Å². The smallest absolute Gasteiger partial charge is 0.225 e. The van der Waals surface area contributed by atoms with E-state index in [1.807, 2.05) is 18.2 Å². The molecule has 0 fully saturated rings. The molecule has 0 saturated heterocycles. The number of halogens is 2. The minimum atomic E-state index is -0.152. The summed E-state index contributed by atoms with van der Waals surface area (Å²) in [4.78, 5) is 12.0. The molecule has 0 bridgehead atoms. The lowest BCUT2D eigenvalue weighted by Gasteiger charge is -2.26. The van der Waals surface area contributed by atoms with Gasteiger partial charge in [0.2, 0.25) is 5.91 Å². The van der Waals surface area contributed by atoms with E-state index in [1.54, 1.807) is 12.1 Å². The van der Waals surface area contributed by atoms with Crippen LogP contribution in [-0.4, -0.2) is 14.7 Å². The number of carbonyl (C=O) groups is 1. The Kier molecular flexibility index (Phi) is 3.29. The maximum absolute atomic E-state index is 12.0. The van der Waals surface area contributed by atoms with Crippen LogP contribution in [0, 0.1) is 0 Å². The number of aromatic nitrogens is 2. The van der Waals surface area contributed by atoms with Gasteiger partial charge < -0.3 is 5.32 Å². The molecule has 0 radical (unpaired) electrons. The number of carbonyl (C=O) groups excluding carboxylic acids is 1. The van der Waals surface area contributed by atoms with E-state index >= 15 is 0 Å². The van der Waals surface area contributed by atoms with Crippen LogP contribution in [0.2, 0.25) is 10.0 Å². The van der Waals surface area contributed by atoms with Crippen LogP contribution in [0.25, 0.3) is 11.0 Å². The Balaban J connectivity index is 1.98. The fourth-order valence-corrected chi connectivity index (χ4v) is 3.96. The van der Waals surface area contributed by atoms with Crippen molar-refractivity contribution in [3.05, 3.63) is 51.5 Å². The molecule has 7 heteroatoms. The molecule has 1 atom stereocenters. The molecule has 22 heavy (non-hydrogen) atoms. The summed E-state index contributed by atoms with van der Waals surface area (Å²) in [5.74, 6) is -0.188. The quantitative estimate of drug-likeness (QED) is 0.704. The van der Waals surface area contributed by atoms with Gasteiger partial charge in [-0.25, -0.2) is 0 Å². The molecule has 1 aliphatic heterocycles. The minimum absolute atomic E-state index is 0.0361. The predicted molar refractivity (Wildman–Crippen MR) is 89.0 cm³/mol. The van der Waals surface area contributed by atoms with E-state index in [-0.39, 0.29) is 11.8 Å². The summed E-state index contributed by atoms with van der Waals surface area (Å²) in [6.07, 6.45) is 0.324. The third kappa shape index (κ3) is 2.17. The zero-order chi connectivity index (χ0) is 15.3. The molecule has 2 aromatic carbocycles. The zero-order valence-electron chi connectivity index (χ0n) is 11.1.